The van der Waals surface area contributed by atoms with Crippen LogP contribution in [0.4, 0.5) is 0 Å². The van der Waals surface area contributed by atoms with Crippen molar-refractivity contribution in [1.29, 1.82) is 0 Å². The molecule has 0 N–H and O–H groups in total. The Morgan fingerprint density at radius 2 is 1.35 bits per heavy atom. The normalized spacial score (nSPS) is 18.4. The van der Waals surface area contributed by atoms with E-state index >= 15 is 0 Å². The van der Waals surface area contributed by atoms with E-state index in [9.17, 15) is 0 Å². The fraction of sp³-hybridized carbons (Fsp3) is 0.172. The monoisotopic (exact) mass is 405 g/mol. The zero-order valence-corrected chi connectivity index (χ0v) is 17.8. The van der Waals surface area contributed by atoms with Crippen molar-refractivity contribution >= 4 is 0 Å². The fourth-order valence-corrected chi connectivity index (χ4v) is 4.88. The molecule has 0 saturated carbocycles. The molecule has 1 heterocycles. The highest BCUT2D eigenvalue weighted by molar-refractivity contribution is 5.45. The molecule has 0 saturated heterocycles. The van der Waals surface area contributed by atoms with Crippen molar-refractivity contribution < 1.29 is 4.74 Å². The quantitative estimate of drug-likeness (QED) is 0.372. The van der Waals surface area contributed by atoms with Gasteiger partial charge in [-0.15, -0.1) is 0 Å². The van der Waals surface area contributed by atoms with Crippen LogP contribution in [0.3, 0.4) is 0 Å². The Morgan fingerprint density at radius 1 is 0.710 bits per heavy atom. The number of hydrogen-bond acceptors (Lipinski definition) is 2. The summed E-state index contributed by atoms with van der Waals surface area (Å²) in [5.41, 5.74) is 6.85. The van der Waals surface area contributed by atoms with Gasteiger partial charge in [-0.2, -0.15) is 0 Å². The predicted molar refractivity (Wildman–Crippen MR) is 126 cm³/mol. The van der Waals surface area contributed by atoms with E-state index in [0.29, 0.717) is 0 Å². The largest absolute Gasteiger partial charge is 0.497 e. The summed E-state index contributed by atoms with van der Waals surface area (Å²) in [4.78, 5) is 2.63. The van der Waals surface area contributed by atoms with Crippen LogP contribution in [0.2, 0.25) is 0 Å². The lowest BCUT2D eigenvalue weighted by molar-refractivity contribution is 0.147. The number of nitrogens with zero attached hydrogens (tertiary/aromatic N) is 1. The van der Waals surface area contributed by atoms with Gasteiger partial charge in [-0.3, -0.25) is 4.90 Å². The summed E-state index contributed by atoms with van der Waals surface area (Å²) in [6.45, 7) is 1.86. The number of rotatable bonds is 5. The van der Waals surface area contributed by atoms with Crippen LogP contribution in [0.5, 0.6) is 5.75 Å². The summed E-state index contributed by atoms with van der Waals surface area (Å²) >= 11 is 0. The minimum absolute atomic E-state index is 0.252. The molecular weight excluding hydrogens is 378 g/mol. The predicted octanol–water partition coefficient (Wildman–Crippen LogP) is 6.58. The molecule has 0 aromatic heterocycles. The zero-order chi connectivity index (χ0) is 21.0. The number of benzene rings is 4. The second-order valence-corrected chi connectivity index (χ2v) is 8.20. The molecule has 154 valence electrons. The molecule has 2 nitrogen and oxygen atoms in total. The summed E-state index contributed by atoms with van der Waals surface area (Å²) in [5.74, 6) is 1.15. The third-order valence-corrected chi connectivity index (χ3v) is 6.32. The maximum Gasteiger partial charge on any atom is 0.118 e. The highest BCUT2D eigenvalue weighted by Gasteiger charge is 2.36. The molecule has 4 aromatic carbocycles. The molecule has 5 rings (SSSR count). The lowest BCUT2D eigenvalue weighted by Crippen LogP contribution is -2.37. The van der Waals surface area contributed by atoms with Gasteiger partial charge in [-0.25, -0.2) is 0 Å². The molecule has 31 heavy (non-hydrogen) atoms. The first-order valence-corrected chi connectivity index (χ1v) is 10.9. The minimum Gasteiger partial charge on any atom is -0.497 e. The Bertz CT molecular complexity index is 1120. The van der Waals surface area contributed by atoms with E-state index in [-0.39, 0.29) is 12.0 Å². The lowest BCUT2D eigenvalue weighted by atomic mass is 9.76. The van der Waals surface area contributed by atoms with E-state index in [0.717, 1.165) is 18.8 Å². The van der Waals surface area contributed by atoms with Crippen LogP contribution < -0.4 is 4.74 Å². The summed E-state index contributed by atoms with van der Waals surface area (Å²) in [6.07, 6.45) is 0. The van der Waals surface area contributed by atoms with E-state index < -0.39 is 0 Å². The summed E-state index contributed by atoms with van der Waals surface area (Å²) in [5, 5.41) is 0. The van der Waals surface area contributed by atoms with Gasteiger partial charge in [0.25, 0.3) is 0 Å². The molecule has 0 bridgehead atoms. The highest BCUT2D eigenvalue weighted by Crippen LogP contribution is 2.47. The first-order chi connectivity index (χ1) is 15.3. The van der Waals surface area contributed by atoms with Crippen LogP contribution in [-0.2, 0) is 13.1 Å². The van der Waals surface area contributed by atoms with Gasteiger partial charge in [0.05, 0.1) is 7.11 Å². The second-order valence-electron chi connectivity index (χ2n) is 8.20. The third kappa shape index (κ3) is 3.99. The SMILES string of the molecule is COc1ccc([C@@H]2c3ccccc3CN(Cc3ccccc3)[C@H]2c2ccccc2)cc1. The maximum absolute atomic E-state index is 5.43. The molecule has 0 radical (unpaired) electrons. The second kappa shape index (κ2) is 8.79. The summed E-state index contributed by atoms with van der Waals surface area (Å²) < 4.78 is 5.43. The number of hydrogen-bond donors (Lipinski definition) is 0. The van der Waals surface area contributed by atoms with Gasteiger partial charge in [0, 0.05) is 25.0 Å². The summed E-state index contributed by atoms with van der Waals surface area (Å²) in [6, 6.07) is 39.5. The van der Waals surface area contributed by atoms with Crippen LogP contribution in [-0.4, -0.2) is 12.0 Å². The molecule has 2 atom stereocenters. The van der Waals surface area contributed by atoms with Crippen molar-refractivity contribution in [3.63, 3.8) is 0 Å². The minimum atomic E-state index is 0.252. The molecule has 0 spiro atoms. The van der Waals surface area contributed by atoms with E-state index in [1.54, 1.807) is 7.11 Å². The lowest BCUT2D eigenvalue weighted by Gasteiger charge is -2.43. The van der Waals surface area contributed by atoms with Gasteiger partial charge in [0.1, 0.15) is 5.75 Å². The van der Waals surface area contributed by atoms with E-state index in [2.05, 4.69) is 114 Å². The van der Waals surface area contributed by atoms with Crippen LogP contribution >= 0.6 is 0 Å². The van der Waals surface area contributed by atoms with Crippen LogP contribution in [0.15, 0.2) is 109 Å². The molecule has 2 heteroatoms. The Hall–Kier alpha value is -3.36. The van der Waals surface area contributed by atoms with E-state index in [1.807, 2.05) is 0 Å². The number of methoxy groups -OCH3 is 1. The van der Waals surface area contributed by atoms with Crippen molar-refractivity contribution in [1.82, 2.24) is 4.90 Å². The van der Waals surface area contributed by atoms with Crippen molar-refractivity contribution in [2.45, 2.75) is 25.0 Å². The molecule has 0 unspecified atom stereocenters. The van der Waals surface area contributed by atoms with Gasteiger partial charge in [0.15, 0.2) is 0 Å². The average molecular weight is 406 g/mol. The van der Waals surface area contributed by atoms with Crippen molar-refractivity contribution in [2.75, 3.05) is 7.11 Å². The van der Waals surface area contributed by atoms with Gasteiger partial charge < -0.3 is 4.74 Å². The van der Waals surface area contributed by atoms with Crippen molar-refractivity contribution in [3.8, 4) is 5.75 Å². The molecule has 0 aliphatic carbocycles. The Kier molecular flexibility index (Phi) is 5.56. The third-order valence-electron chi connectivity index (χ3n) is 6.32. The van der Waals surface area contributed by atoms with Gasteiger partial charge in [-0.05, 0) is 39.9 Å². The fourth-order valence-electron chi connectivity index (χ4n) is 4.88. The topological polar surface area (TPSA) is 12.5 Å². The first-order valence-electron chi connectivity index (χ1n) is 10.9. The highest BCUT2D eigenvalue weighted by atomic mass is 16.5. The van der Waals surface area contributed by atoms with Crippen molar-refractivity contribution in [2.24, 2.45) is 0 Å². The molecule has 0 amide bonds. The van der Waals surface area contributed by atoms with Crippen LogP contribution in [0.25, 0.3) is 0 Å². The number of ether oxygens (including phenoxy) is 1. The van der Waals surface area contributed by atoms with Gasteiger partial charge >= 0.3 is 0 Å². The summed E-state index contributed by atoms with van der Waals surface area (Å²) in [7, 11) is 1.72. The Labute approximate surface area is 184 Å². The molecule has 0 fully saturated rings. The van der Waals surface area contributed by atoms with Crippen molar-refractivity contribution in [3.05, 3.63) is 137 Å². The maximum atomic E-state index is 5.43. The van der Waals surface area contributed by atoms with Gasteiger partial charge in [-0.1, -0.05) is 97.1 Å². The van der Waals surface area contributed by atoms with Crippen LogP contribution in [0.1, 0.15) is 39.8 Å². The molecule has 1 aliphatic rings. The smallest absolute Gasteiger partial charge is 0.118 e. The van der Waals surface area contributed by atoms with Crippen LogP contribution in [0, 0.1) is 0 Å². The Morgan fingerprint density at radius 3 is 2.06 bits per heavy atom. The van der Waals surface area contributed by atoms with E-state index in [1.165, 1.54) is 27.8 Å². The van der Waals surface area contributed by atoms with E-state index in [4.69, 9.17) is 4.74 Å². The van der Waals surface area contributed by atoms with Gasteiger partial charge in [0.2, 0.25) is 0 Å². The average Bonchev–Trinajstić information content (AvgIpc) is 2.84. The first kappa shape index (κ1) is 19.6. The zero-order valence-electron chi connectivity index (χ0n) is 17.8. The number of fused-ring (bicyclic) bond motifs is 1. The Balaban J connectivity index is 1.65. The standard InChI is InChI=1S/C29H27NO/c1-31-26-18-16-23(17-19-26)28-27-15-9-8-14-25(27)21-30(20-22-10-4-2-5-11-22)29(28)24-12-6-3-7-13-24/h2-19,28-29H,20-21H2,1H3/t28-,29+/m1/s1. The molecular formula is C29H27NO. The molecule has 1 aliphatic heterocycles. The molecule has 4 aromatic rings.